The van der Waals surface area contributed by atoms with E-state index in [4.69, 9.17) is 9.47 Å². The van der Waals surface area contributed by atoms with E-state index in [0.717, 1.165) is 25.7 Å². The number of cyclic esters (lactones) is 4. The Morgan fingerprint density at radius 2 is 1.12 bits per heavy atom. The van der Waals surface area contributed by atoms with Gasteiger partial charge in [0, 0.05) is 11.8 Å². The van der Waals surface area contributed by atoms with Crippen LogP contribution in [0.2, 0.25) is 0 Å². The Labute approximate surface area is 137 Å². The van der Waals surface area contributed by atoms with Crippen molar-refractivity contribution in [1.29, 1.82) is 0 Å². The van der Waals surface area contributed by atoms with Crippen molar-refractivity contribution >= 4 is 29.7 Å². The van der Waals surface area contributed by atoms with Crippen LogP contribution in [-0.2, 0) is 33.4 Å². The molecule has 2 aliphatic heterocycles. The number of ether oxygens (including phenoxy) is 2. The summed E-state index contributed by atoms with van der Waals surface area (Å²) in [6.07, 6.45) is 3.47. The molecule has 0 aromatic rings. The van der Waals surface area contributed by atoms with E-state index in [1.807, 2.05) is 0 Å². The van der Waals surface area contributed by atoms with Gasteiger partial charge in [-0.15, -0.1) is 0 Å². The Balaban J connectivity index is 1.68. The molecule has 0 amide bonds. The quantitative estimate of drug-likeness (QED) is 0.463. The second-order valence-corrected chi connectivity index (χ2v) is 7.64. The molecule has 5 aliphatic rings. The normalized spacial score (nSPS) is 49.2. The van der Waals surface area contributed by atoms with Crippen LogP contribution in [0.15, 0.2) is 0 Å². The standard InChI is InChI=1S/C17H16O7/c18-13-6-4-2-1-3-5(6)7-8(13)10-12(17(22)24-15(10)20)11-9(7)14(19)23-16(11)21/h5-12H,1-4H2. The molecule has 0 aromatic heterocycles. The summed E-state index contributed by atoms with van der Waals surface area (Å²) in [6.45, 7) is 0. The number of hydrogen-bond acceptors (Lipinski definition) is 7. The second kappa shape index (κ2) is 4.52. The van der Waals surface area contributed by atoms with Gasteiger partial charge in [-0.1, -0.05) is 12.8 Å². The Kier molecular flexibility index (Phi) is 2.69. The Morgan fingerprint density at radius 3 is 1.79 bits per heavy atom. The van der Waals surface area contributed by atoms with Crippen molar-refractivity contribution < 1.29 is 33.4 Å². The molecule has 8 unspecified atom stereocenters. The molecular formula is C17H16O7. The van der Waals surface area contributed by atoms with Gasteiger partial charge in [-0.3, -0.25) is 24.0 Å². The third-order valence-corrected chi connectivity index (χ3v) is 6.88. The van der Waals surface area contributed by atoms with E-state index < -0.39 is 53.5 Å². The lowest BCUT2D eigenvalue weighted by atomic mass is 9.57. The molecule has 5 fully saturated rings. The van der Waals surface area contributed by atoms with Gasteiger partial charge in [-0.2, -0.15) is 0 Å². The average Bonchev–Trinajstić information content (AvgIpc) is 3.12. The summed E-state index contributed by atoms with van der Waals surface area (Å²) in [5, 5.41) is 0. The first-order valence-corrected chi connectivity index (χ1v) is 8.55. The number of fused-ring (bicyclic) bond motifs is 8. The van der Waals surface area contributed by atoms with Crippen molar-refractivity contribution in [3.8, 4) is 0 Å². The van der Waals surface area contributed by atoms with Crippen LogP contribution in [0.25, 0.3) is 0 Å². The zero-order chi connectivity index (χ0) is 16.7. The van der Waals surface area contributed by atoms with Crippen LogP contribution in [0.3, 0.4) is 0 Å². The molecule has 2 heterocycles. The fourth-order valence-electron chi connectivity index (χ4n) is 6.15. The van der Waals surface area contributed by atoms with Gasteiger partial charge in [0.05, 0.1) is 23.7 Å². The van der Waals surface area contributed by atoms with Crippen LogP contribution in [0.1, 0.15) is 25.7 Å². The minimum Gasteiger partial charge on any atom is -0.393 e. The van der Waals surface area contributed by atoms with Crippen LogP contribution in [0, 0.1) is 47.3 Å². The molecule has 0 radical (unpaired) electrons. The predicted octanol–water partition coefficient (Wildman–Crippen LogP) is 0.253. The lowest BCUT2D eigenvalue weighted by molar-refractivity contribution is -0.158. The molecule has 2 saturated heterocycles. The van der Waals surface area contributed by atoms with Crippen LogP contribution in [0.4, 0.5) is 0 Å². The highest BCUT2D eigenvalue weighted by Gasteiger charge is 2.73. The zero-order valence-corrected chi connectivity index (χ0v) is 12.8. The van der Waals surface area contributed by atoms with E-state index >= 15 is 0 Å². The first-order chi connectivity index (χ1) is 11.5. The van der Waals surface area contributed by atoms with E-state index in [9.17, 15) is 24.0 Å². The Morgan fingerprint density at radius 1 is 0.625 bits per heavy atom. The maximum atomic E-state index is 13.0. The molecule has 0 spiro atoms. The SMILES string of the molecule is O=C1OC(=O)C2C1C1C(=O)OC(=O)C1C1C3CCCCC3C(=O)C21. The molecule has 3 saturated carbocycles. The summed E-state index contributed by atoms with van der Waals surface area (Å²) in [5.74, 6) is -7.97. The van der Waals surface area contributed by atoms with Gasteiger partial charge in [0.25, 0.3) is 0 Å². The molecule has 24 heavy (non-hydrogen) atoms. The molecule has 5 rings (SSSR count). The maximum absolute atomic E-state index is 13.0. The number of esters is 4. The monoisotopic (exact) mass is 332 g/mol. The van der Waals surface area contributed by atoms with Crippen LogP contribution < -0.4 is 0 Å². The average molecular weight is 332 g/mol. The van der Waals surface area contributed by atoms with Crippen molar-refractivity contribution in [3.63, 3.8) is 0 Å². The van der Waals surface area contributed by atoms with Crippen molar-refractivity contribution in [2.75, 3.05) is 0 Å². The van der Waals surface area contributed by atoms with E-state index in [0.29, 0.717) is 0 Å². The summed E-state index contributed by atoms with van der Waals surface area (Å²) < 4.78 is 9.58. The smallest absolute Gasteiger partial charge is 0.318 e. The van der Waals surface area contributed by atoms with Crippen molar-refractivity contribution in [1.82, 2.24) is 0 Å². The topological polar surface area (TPSA) is 104 Å². The van der Waals surface area contributed by atoms with Gasteiger partial charge < -0.3 is 9.47 Å². The molecular weight excluding hydrogens is 316 g/mol. The van der Waals surface area contributed by atoms with Gasteiger partial charge in [-0.25, -0.2) is 0 Å². The fraction of sp³-hybridized carbons (Fsp3) is 0.706. The molecule has 8 atom stereocenters. The first kappa shape index (κ1) is 14.3. The maximum Gasteiger partial charge on any atom is 0.318 e. The highest BCUT2D eigenvalue weighted by molar-refractivity contribution is 6.07. The van der Waals surface area contributed by atoms with Gasteiger partial charge in [0.1, 0.15) is 5.78 Å². The molecule has 7 nitrogen and oxygen atoms in total. The molecule has 126 valence electrons. The van der Waals surface area contributed by atoms with E-state index in [2.05, 4.69) is 0 Å². The first-order valence-electron chi connectivity index (χ1n) is 8.55. The van der Waals surface area contributed by atoms with Crippen LogP contribution in [-0.4, -0.2) is 29.7 Å². The lowest BCUT2D eigenvalue weighted by Crippen LogP contribution is -2.50. The van der Waals surface area contributed by atoms with Gasteiger partial charge in [-0.05, 0) is 24.7 Å². The van der Waals surface area contributed by atoms with Gasteiger partial charge in [0.2, 0.25) is 0 Å². The fourth-order valence-corrected chi connectivity index (χ4v) is 6.15. The molecule has 0 aromatic carbocycles. The van der Waals surface area contributed by atoms with Crippen LogP contribution in [0.5, 0.6) is 0 Å². The third-order valence-electron chi connectivity index (χ3n) is 6.88. The highest BCUT2D eigenvalue weighted by Crippen LogP contribution is 2.62. The van der Waals surface area contributed by atoms with Crippen molar-refractivity contribution in [2.24, 2.45) is 47.3 Å². The van der Waals surface area contributed by atoms with E-state index in [1.54, 1.807) is 0 Å². The third kappa shape index (κ3) is 1.51. The second-order valence-electron chi connectivity index (χ2n) is 7.64. The molecule has 0 N–H and O–H groups in total. The summed E-state index contributed by atoms with van der Waals surface area (Å²) in [5.41, 5.74) is 0. The summed E-state index contributed by atoms with van der Waals surface area (Å²) in [6, 6.07) is 0. The molecule has 7 heteroatoms. The number of rotatable bonds is 0. The van der Waals surface area contributed by atoms with E-state index in [-0.39, 0.29) is 23.5 Å². The summed E-state index contributed by atoms with van der Waals surface area (Å²) >= 11 is 0. The number of carbonyl (C=O) groups is 5. The molecule has 3 aliphatic carbocycles. The van der Waals surface area contributed by atoms with Crippen molar-refractivity contribution in [3.05, 3.63) is 0 Å². The van der Waals surface area contributed by atoms with Crippen LogP contribution >= 0.6 is 0 Å². The highest BCUT2D eigenvalue weighted by atomic mass is 16.6. The minimum atomic E-state index is -1.05. The minimum absolute atomic E-state index is 0.00773. The summed E-state index contributed by atoms with van der Waals surface area (Å²) in [7, 11) is 0. The van der Waals surface area contributed by atoms with Crippen molar-refractivity contribution in [2.45, 2.75) is 25.7 Å². The Hall–Kier alpha value is -2.05. The largest absolute Gasteiger partial charge is 0.393 e. The Bertz CT molecular complexity index is 710. The number of Topliss-reactive ketones (excluding diaryl/α,β-unsaturated/α-hetero) is 1. The summed E-state index contributed by atoms with van der Waals surface area (Å²) in [4.78, 5) is 61.9. The number of carbonyl (C=O) groups excluding carboxylic acids is 5. The van der Waals surface area contributed by atoms with E-state index in [1.165, 1.54) is 0 Å². The van der Waals surface area contributed by atoms with Gasteiger partial charge in [0.15, 0.2) is 0 Å². The number of ketones is 1. The van der Waals surface area contributed by atoms with Gasteiger partial charge >= 0.3 is 23.9 Å². The lowest BCUT2D eigenvalue weighted by Gasteiger charge is -2.39. The zero-order valence-electron chi connectivity index (χ0n) is 12.8. The molecule has 0 bridgehead atoms. The number of hydrogen-bond donors (Lipinski definition) is 0. The predicted molar refractivity (Wildman–Crippen MR) is 73.6 cm³/mol.